The number of fused-ring (bicyclic) bond motifs is 3. The molecule has 3 nitrogen and oxygen atoms in total. The molecule has 0 saturated heterocycles. The second kappa shape index (κ2) is 7.81. The highest BCUT2D eigenvalue weighted by Gasteiger charge is 2.22. The number of thioether (sulfide) groups is 1. The summed E-state index contributed by atoms with van der Waals surface area (Å²) in [5, 5.41) is 2.96. The molecule has 0 saturated carbocycles. The number of carbonyl (C=O) groups is 1. The summed E-state index contributed by atoms with van der Waals surface area (Å²) in [5.41, 5.74) is 4.37. The van der Waals surface area contributed by atoms with Crippen molar-refractivity contribution in [3.05, 3.63) is 102 Å². The minimum Gasteiger partial charge on any atom is -0.295 e. The summed E-state index contributed by atoms with van der Waals surface area (Å²) < 4.78 is 1.94. The number of hydrogen-bond donors (Lipinski definition) is 0. The number of imidazole rings is 1. The maximum Gasteiger partial charge on any atom is 0.212 e. The first-order valence-electron chi connectivity index (χ1n) is 9.99. The number of nitrogens with zero attached hydrogens (tertiary/aromatic N) is 2. The van der Waals surface area contributed by atoms with E-state index < -0.39 is 0 Å². The molecule has 30 heavy (non-hydrogen) atoms. The average molecular weight is 409 g/mol. The van der Waals surface area contributed by atoms with Gasteiger partial charge in [0.15, 0.2) is 0 Å². The Balaban J connectivity index is 1.62. The predicted octanol–water partition coefficient (Wildman–Crippen LogP) is 6.50. The van der Waals surface area contributed by atoms with Gasteiger partial charge in [0, 0.05) is 17.1 Å². The predicted molar refractivity (Wildman–Crippen MR) is 124 cm³/mol. The van der Waals surface area contributed by atoms with Crippen LogP contribution in [0, 0.1) is 0 Å². The summed E-state index contributed by atoms with van der Waals surface area (Å²) in [7, 11) is 0. The second-order valence-corrected chi connectivity index (χ2v) is 8.32. The largest absolute Gasteiger partial charge is 0.295 e. The molecule has 0 unspecified atom stereocenters. The number of benzene rings is 3. The van der Waals surface area contributed by atoms with Gasteiger partial charge in [-0.15, -0.1) is 11.8 Å². The first-order valence-corrected chi connectivity index (χ1v) is 11.0. The van der Waals surface area contributed by atoms with Crippen molar-refractivity contribution in [1.82, 2.24) is 9.38 Å². The summed E-state index contributed by atoms with van der Waals surface area (Å²) in [6.07, 6.45) is 1.95. The van der Waals surface area contributed by atoms with Crippen molar-refractivity contribution in [3.63, 3.8) is 0 Å². The van der Waals surface area contributed by atoms with Crippen molar-refractivity contribution in [2.75, 3.05) is 5.75 Å². The fourth-order valence-electron chi connectivity index (χ4n) is 3.77. The van der Waals surface area contributed by atoms with E-state index in [0.717, 1.165) is 38.3 Å². The highest BCUT2D eigenvalue weighted by atomic mass is 32.2. The van der Waals surface area contributed by atoms with Crippen molar-refractivity contribution in [3.8, 4) is 11.1 Å². The molecule has 0 aliphatic heterocycles. The van der Waals surface area contributed by atoms with Gasteiger partial charge in [-0.25, -0.2) is 4.98 Å². The Labute approximate surface area is 179 Å². The number of pyridine rings is 1. The quantitative estimate of drug-likeness (QED) is 0.246. The van der Waals surface area contributed by atoms with Gasteiger partial charge in [-0.2, -0.15) is 0 Å². The van der Waals surface area contributed by atoms with Crippen molar-refractivity contribution in [2.45, 2.75) is 11.9 Å². The van der Waals surface area contributed by atoms with Gasteiger partial charge in [0.2, 0.25) is 5.78 Å². The molecule has 146 valence electrons. The van der Waals surface area contributed by atoms with E-state index in [-0.39, 0.29) is 5.78 Å². The van der Waals surface area contributed by atoms with Crippen LogP contribution >= 0.6 is 11.8 Å². The van der Waals surface area contributed by atoms with Gasteiger partial charge < -0.3 is 0 Å². The van der Waals surface area contributed by atoms with E-state index in [1.54, 1.807) is 11.8 Å². The van der Waals surface area contributed by atoms with Crippen LogP contribution in [0.25, 0.3) is 27.5 Å². The van der Waals surface area contributed by atoms with Crippen molar-refractivity contribution in [2.24, 2.45) is 0 Å². The molecule has 2 aromatic heterocycles. The molecule has 2 heterocycles. The number of ketones is 1. The molecule has 3 aromatic carbocycles. The Morgan fingerprint density at radius 1 is 0.867 bits per heavy atom. The fourth-order valence-corrected chi connectivity index (χ4v) is 4.53. The first kappa shape index (κ1) is 18.6. The molecule has 0 N–H and O–H groups in total. The van der Waals surface area contributed by atoms with Crippen LogP contribution in [0.5, 0.6) is 0 Å². The van der Waals surface area contributed by atoms with E-state index in [1.807, 2.05) is 71.3 Å². The van der Waals surface area contributed by atoms with Crippen LogP contribution in [-0.2, 0) is 0 Å². The zero-order valence-corrected chi connectivity index (χ0v) is 17.4. The third-order valence-corrected chi connectivity index (χ3v) is 6.08. The third-order valence-electron chi connectivity index (χ3n) is 5.23. The molecule has 5 aromatic rings. The van der Waals surface area contributed by atoms with Crippen LogP contribution in [0.1, 0.15) is 23.0 Å². The molecule has 0 fully saturated rings. The molecule has 0 aliphatic carbocycles. The molecular weight excluding hydrogens is 388 g/mol. The Kier molecular flexibility index (Phi) is 4.85. The van der Waals surface area contributed by atoms with E-state index in [2.05, 4.69) is 31.2 Å². The van der Waals surface area contributed by atoms with Crippen LogP contribution in [0.15, 0.2) is 96.2 Å². The molecule has 0 aliphatic rings. The maximum absolute atomic E-state index is 13.5. The summed E-state index contributed by atoms with van der Waals surface area (Å²) in [6, 6.07) is 28.2. The molecule has 0 radical (unpaired) electrons. The molecule has 0 bridgehead atoms. The molecule has 4 heteroatoms. The van der Waals surface area contributed by atoms with Gasteiger partial charge in [-0.3, -0.25) is 9.20 Å². The molecule has 0 amide bonds. The number of rotatable bonds is 5. The number of aromatic nitrogens is 2. The van der Waals surface area contributed by atoms with Gasteiger partial charge >= 0.3 is 0 Å². The second-order valence-electron chi connectivity index (χ2n) is 7.07. The van der Waals surface area contributed by atoms with Crippen LogP contribution < -0.4 is 0 Å². The van der Waals surface area contributed by atoms with Crippen molar-refractivity contribution in [1.29, 1.82) is 0 Å². The average Bonchev–Trinajstić information content (AvgIpc) is 3.18. The SMILES string of the molecule is CCSc1nc2c3ccccc3ccn2c1C(=O)c1ccc(-c2ccccc2)cc1. The van der Waals surface area contributed by atoms with E-state index in [1.165, 1.54) is 0 Å². The highest BCUT2D eigenvalue weighted by molar-refractivity contribution is 7.99. The van der Waals surface area contributed by atoms with Gasteiger partial charge in [0.1, 0.15) is 16.4 Å². The Bertz CT molecular complexity index is 1350. The van der Waals surface area contributed by atoms with E-state index in [4.69, 9.17) is 4.98 Å². The minimum atomic E-state index is -0.00616. The van der Waals surface area contributed by atoms with Gasteiger partial charge in [-0.1, -0.05) is 85.8 Å². The normalized spacial score (nSPS) is 11.2. The van der Waals surface area contributed by atoms with Crippen molar-refractivity contribution < 1.29 is 4.79 Å². The van der Waals surface area contributed by atoms with Crippen molar-refractivity contribution >= 4 is 34.0 Å². The summed E-state index contributed by atoms with van der Waals surface area (Å²) in [5.74, 6) is 0.850. The molecule has 0 spiro atoms. The Morgan fingerprint density at radius 3 is 2.33 bits per heavy atom. The van der Waals surface area contributed by atoms with Gasteiger partial charge in [0.25, 0.3) is 0 Å². The Morgan fingerprint density at radius 2 is 1.57 bits per heavy atom. The number of hydrogen-bond acceptors (Lipinski definition) is 3. The minimum absolute atomic E-state index is 0.00616. The summed E-state index contributed by atoms with van der Waals surface area (Å²) in [4.78, 5) is 18.4. The van der Waals surface area contributed by atoms with E-state index >= 15 is 0 Å². The smallest absolute Gasteiger partial charge is 0.212 e. The van der Waals surface area contributed by atoms with Crippen LogP contribution in [-0.4, -0.2) is 20.9 Å². The molecule has 5 rings (SSSR count). The summed E-state index contributed by atoms with van der Waals surface area (Å²) >= 11 is 1.61. The lowest BCUT2D eigenvalue weighted by molar-refractivity contribution is 0.103. The Hall–Kier alpha value is -3.37. The van der Waals surface area contributed by atoms with Gasteiger partial charge in [0.05, 0.1) is 0 Å². The first-order chi connectivity index (χ1) is 14.8. The van der Waals surface area contributed by atoms with Crippen LogP contribution in [0.4, 0.5) is 0 Å². The number of carbonyl (C=O) groups excluding carboxylic acids is 1. The standard InChI is InChI=1S/C26H20N2OS/c1-2-30-26-23(28-17-16-20-10-6-7-11-22(20)25(28)27-26)24(29)21-14-12-19(13-15-21)18-8-4-3-5-9-18/h3-17H,2H2,1H3. The highest BCUT2D eigenvalue weighted by Crippen LogP contribution is 2.30. The fraction of sp³-hybridized carbons (Fsp3) is 0.0769. The molecule has 0 atom stereocenters. The molecular formula is C26H20N2OS. The summed E-state index contributed by atoms with van der Waals surface area (Å²) in [6.45, 7) is 2.08. The zero-order valence-electron chi connectivity index (χ0n) is 16.6. The lowest BCUT2D eigenvalue weighted by Crippen LogP contribution is -2.06. The third kappa shape index (κ3) is 3.19. The zero-order chi connectivity index (χ0) is 20.5. The van der Waals surface area contributed by atoms with Crippen LogP contribution in [0.3, 0.4) is 0 Å². The topological polar surface area (TPSA) is 34.4 Å². The lowest BCUT2D eigenvalue weighted by Gasteiger charge is -2.07. The van der Waals surface area contributed by atoms with Gasteiger partial charge in [-0.05, 0) is 28.3 Å². The monoisotopic (exact) mass is 408 g/mol. The van der Waals surface area contributed by atoms with E-state index in [9.17, 15) is 4.79 Å². The maximum atomic E-state index is 13.5. The van der Waals surface area contributed by atoms with E-state index in [0.29, 0.717) is 11.3 Å². The lowest BCUT2D eigenvalue weighted by atomic mass is 10.0. The van der Waals surface area contributed by atoms with Crippen LogP contribution in [0.2, 0.25) is 0 Å².